The summed E-state index contributed by atoms with van der Waals surface area (Å²) in [4.78, 5) is 0. The van der Waals surface area contributed by atoms with Gasteiger partial charge in [0, 0.05) is 30.2 Å². The molecule has 0 radical (unpaired) electrons. The Bertz CT molecular complexity index is 432. The van der Waals surface area contributed by atoms with Crippen LogP contribution >= 0.6 is 11.8 Å². The first-order chi connectivity index (χ1) is 9.30. The Morgan fingerprint density at radius 3 is 3.21 bits per heavy atom. The molecular weight excluding hydrogens is 258 g/mol. The minimum atomic E-state index is 0.138. The van der Waals surface area contributed by atoms with Gasteiger partial charge in [-0.05, 0) is 37.1 Å². The molecule has 104 valence electrons. The molecule has 19 heavy (non-hydrogen) atoms. The largest absolute Gasteiger partial charge is 0.497 e. The van der Waals surface area contributed by atoms with Crippen LogP contribution in [-0.2, 0) is 4.74 Å². The summed E-state index contributed by atoms with van der Waals surface area (Å²) < 4.78 is 11.3. The van der Waals surface area contributed by atoms with E-state index in [2.05, 4.69) is 17.4 Å². The van der Waals surface area contributed by atoms with Crippen molar-refractivity contribution in [3.05, 3.63) is 24.3 Å². The van der Waals surface area contributed by atoms with Gasteiger partial charge < -0.3 is 14.8 Å². The highest BCUT2D eigenvalue weighted by molar-refractivity contribution is 7.99. The fraction of sp³-hybridized carbons (Fsp3) is 0.600. The van der Waals surface area contributed by atoms with Gasteiger partial charge in [-0.1, -0.05) is 6.07 Å². The van der Waals surface area contributed by atoms with Crippen molar-refractivity contribution in [1.82, 2.24) is 0 Å². The van der Waals surface area contributed by atoms with Gasteiger partial charge in [0.25, 0.3) is 0 Å². The van der Waals surface area contributed by atoms with Gasteiger partial charge in [-0.15, -0.1) is 0 Å². The third kappa shape index (κ3) is 3.00. The summed E-state index contributed by atoms with van der Waals surface area (Å²) in [6, 6.07) is 8.69. The molecule has 1 aromatic carbocycles. The van der Waals surface area contributed by atoms with Gasteiger partial charge in [-0.25, -0.2) is 0 Å². The van der Waals surface area contributed by atoms with Crippen molar-refractivity contribution in [1.29, 1.82) is 0 Å². The Hall–Kier alpha value is -0.870. The Morgan fingerprint density at radius 1 is 1.47 bits per heavy atom. The smallest absolute Gasteiger partial charge is 0.120 e. The fourth-order valence-corrected chi connectivity index (χ4v) is 4.34. The van der Waals surface area contributed by atoms with E-state index < -0.39 is 0 Å². The van der Waals surface area contributed by atoms with E-state index >= 15 is 0 Å². The average Bonchev–Trinajstić information content (AvgIpc) is 2.87. The van der Waals surface area contributed by atoms with Crippen molar-refractivity contribution in [3.8, 4) is 5.75 Å². The van der Waals surface area contributed by atoms with Gasteiger partial charge in [0.1, 0.15) is 5.75 Å². The van der Waals surface area contributed by atoms with E-state index in [4.69, 9.17) is 9.47 Å². The maximum atomic E-state index is 6.05. The van der Waals surface area contributed by atoms with Gasteiger partial charge in [-0.3, -0.25) is 0 Å². The molecule has 2 unspecified atom stereocenters. The SMILES string of the molecule is COc1cccc(NC2CCOC3(CCSC3)C2)c1. The molecule has 2 aliphatic heterocycles. The Morgan fingerprint density at radius 2 is 2.42 bits per heavy atom. The van der Waals surface area contributed by atoms with E-state index in [1.165, 1.54) is 12.2 Å². The number of rotatable bonds is 3. The maximum Gasteiger partial charge on any atom is 0.120 e. The number of methoxy groups -OCH3 is 1. The van der Waals surface area contributed by atoms with Crippen molar-refractivity contribution in [3.63, 3.8) is 0 Å². The average molecular weight is 279 g/mol. The molecule has 2 fully saturated rings. The maximum absolute atomic E-state index is 6.05. The van der Waals surface area contributed by atoms with Gasteiger partial charge >= 0.3 is 0 Å². The van der Waals surface area contributed by atoms with Crippen molar-refractivity contribution >= 4 is 17.4 Å². The van der Waals surface area contributed by atoms with Gasteiger partial charge in [0.05, 0.1) is 12.7 Å². The Labute approximate surface area is 119 Å². The number of thioether (sulfide) groups is 1. The minimum absolute atomic E-state index is 0.138. The van der Waals surface area contributed by atoms with Crippen LogP contribution in [0.4, 0.5) is 5.69 Å². The lowest BCUT2D eigenvalue weighted by Crippen LogP contribution is -2.44. The van der Waals surface area contributed by atoms with Crippen LogP contribution in [0, 0.1) is 0 Å². The van der Waals surface area contributed by atoms with E-state index in [9.17, 15) is 0 Å². The highest BCUT2D eigenvalue weighted by atomic mass is 32.2. The molecule has 1 N–H and O–H groups in total. The second-order valence-corrected chi connectivity index (χ2v) is 6.51. The van der Waals surface area contributed by atoms with Crippen LogP contribution in [0.2, 0.25) is 0 Å². The molecule has 2 heterocycles. The molecule has 0 bridgehead atoms. The summed E-state index contributed by atoms with van der Waals surface area (Å²) in [5.74, 6) is 3.30. The molecule has 4 heteroatoms. The van der Waals surface area contributed by atoms with Crippen LogP contribution in [0.15, 0.2) is 24.3 Å². The van der Waals surface area contributed by atoms with E-state index in [1.54, 1.807) is 7.11 Å². The van der Waals surface area contributed by atoms with E-state index in [-0.39, 0.29) is 5.60 Å². The predicted octanol–water partition coefficient (Wildman–Crippen LogP) is 3.16. The molecular formula is C15H21NO2S. The second-order valence-electron chi connectivity index (χ2n) is 5.40. The number of hydrogen-bond acceptors (Lipinski definition) is 4. The van der Waals surface area contributed by atoms with E-state index in [1.807, 2.05) is 23.9 Å². The molecule has 0 aliphatic carbocycles. The molecule has 0 saturated carbocycles. The lowest BCUT2D eigenvalue weighted by Gasteiger charge is -2.38. The zero-order valence-electron chi connectivity index (χ0n) is 11.4. The van der Waals surface area contributed by atoms with E-state index in [0.717, 1.165) is 36.6 Å². The Balaban J connectivity index is 1.65. The highest BCUT2D eigenvalue weighted by Crippen LogP contribution is 2.39. The van der Waals surface area contributed by atoms with Crippen LogP contribution in [0.3, 0.4) is 0 Å². The lowest BCUT2D eigenvalue weighted by atomic mass is 9.90. The van der Waals surface area contributed by atoms with Gasteiger partial charge in [0.2, 0.25) is 0 Å². The first-order valence-electron chi connectivity index (χ1n) is 6.92. The molecule has 1 aromatic rings. The summed E-state index contributed by atoms with van der Waals surface area (Å²) in [6.07, 6.45) is 3.41. The number of nitrogens with one attached hydrogen (secondary N) is 1. The van der Waals surface area contributed by atoms with Crippen LogP contribution in [0.5, 0.6) is 5.75 Å². The number of benzene rings is 1. The number of ether oxygens (including phenoxy) is 2. The molecule has 0 aromatic heterocycles. The third-order valence-corrected chi connectivity index (χ3v) is 5.22. The van der Waals surface area contributed by atoms with Crippen LogP contribution in [0.25, 0.3) is 0 Å². The third-order valence-electron chi connectivity index (χ3n) is 4.00. The number of anilines is 1. The van der Waals surface area contributed by atoms with Gasteiger partial charge in [0.15, 0.2) is 0 Å². The first-order valence-corrected chi connectivity index (χ1v) is 8.07. The standard InChI is InChI=1S/C15H21NO2S/c1-17-14-4-2-3-12(9-14)16-13-5-7-18-15(10-13)6-8-19-11-15/h2-4,9,13,16H,5-8,10-11H2,1H3. The van der Waals surface area contributed by atoms with Crippen molar-refractivity contribution in [2.45, 2.75) is 30.9 Å². The lowest BCUT2D eigenvalue weighted by molar-refractivity contribution is -0.0628. The first kappa shape index (κ1) is 13.1. The van der Waals surface area contributed by atoms with Crippen molar-refractivity contribution < 1.29 is 9.47 Å². The summed E-state index contributed by atoms with van der Waals surface area (Å²) >= 11 is 2.02. The molecule has 3 nitrogen and oxygen atoms in total. The Kier molecular flexibility index (Phi) is 3.89. The molecule has 0 amide bonds. The predicted molar refractivity (Wildman–Crippen MR) is 80.3 cm³/mol. The molecule has 2 aliphatic rings. The van der Waals surface area contributed by atoms with E-state index in [0.29, 0.717) is 6.04 Å². The monoisotopic (exact) mass is 279 g/mol. The van der Waals surface area contributed by atoms with Crippen LogP contribution < -0.4 is 10.1 Å². The minimum Gasteiger partial charge on any atom is -0.497 e. The number of hydrogen-bond donors (Lipinski definition) is 1. The van der Waals surface area contributed by atoms with Gasteiger partial charge in [-0.2, -0.15) is 11.8 Å². The summed E-state index contributed by atoms with van der Waals surface area (Å²) in [6.45, 7) is 0.877. The van der Waals surface area contributed by atoms with Crippen LogP contribution in [0.1, 0.15) is 19.3 Å². The van der Waals surface area contributed by atoms with Crippen molar-refractivity contribution in [2.24, 2.45) is 0 Å². The quantitative estimate of drug-likeness (QED) is 0.920. The summed E-state index contributed by atoms with van der Waals surface area (Å²) in [7, 11) is 1.71. The molecule has 1 spiro atoms. The topological polar surface area (TPSA) is 30.5 Å². The second kappa shape index (κ2) is 5.63. The molecule has 2 saturated heterocycles. The van der Waals surface area contributed by atoms with Crippen molar-refractivity contribution in [2.75, 3.05) is 30.5 Å². The zero-order valence-corrected chi connectivity index (χ0v) is 12.2. The highest BCUT2D eigenvalue weighted by Gasteiger charge is 2.40. The molecule has 2 atom stereocenters. The fourth-order valence-electron chi connectivity index (χ4n) is 2.96. The summed E-state index contributed by atoms with van der Waals surface area (Å²) in [5, 5.41) is 3.64. The van der Waals surface area contributed by atoms with Crippen LogP contribution in [-0.4, -0.2) is 36.9 Å². The zero-order chi connectivity index (χ0) is 13.1. The summed E-state index contributed by atoms with van der Waals surface area (Å²) in [5.41, 5.74) is 1.28. The molecule has 3 rings (SSSR count). The normalized spacial score (nSPS) is 30.5.